The SMILES string of the molecule is CCC(Cl)CCNC(=O)c1cc(C)cc(Cl)c1. The summed E-state index contributed by atoms with van der Waals surface area (Å²) < 4.78 is 0. The van der Waals surface area contributed by atoms with Crippen LogP contribution in [-0.2, 0) is 0 Å². The first-order chi connectivity index (χ1) is 8.02. The van der Waals surface area contributed by atoms with Crippen molar-refractivity contribution in [3.63, 3.8) is 0 Å². The second kappa shape index (κ2) is 6.87. The average Bonchev–Trinajstić information content (AvgIpc) is 2.27. The van der Waals surface area contributed by atoms with Gasteiger partial charge in [0.1, 0.15) is 0 Å². The van der Waals surface area contributed by atoms with Crippen LogP contribution in [0.4, 0.5) is 0 Å². The van der Waals surface area contributed by atoms with Crippen molar-refractivity contribution in [3.05, 3.63) is 34.3 Å². The van der Waals surface area contributed by atoms with Crippen LogP contribution in [-0.4, -0.2) is 17.8 Å². The molecule has 0 aliphatic carbocycles. The zero-order valence-electron chi connectivity index (χ0n) is 10.1. The lowest BCUT2D eigenvalue weighted by molar-refractivity contribution is 0.0953. The Morgan fingerprint density at radius 3 is 2.71 bits per heavy atom. The van der Waals surface area contributed by atoms with E-state index in [2.05, 4.69) is 5.32 Å². The van der Waals surface area contributed by atoms with Crippen molar-refractivity contribution in [1.29, 1.82) is 0 Å². The highest BCUT2D eigenvalue weighted by Crippen LogP contribution is 2.14. The maximum absolute atomic E-state index is 11.8. The molecule has 0 heterocycles. The number of hydrogen-bond acceptors (Lipinski definition) is 1. The summed E-state index contributed by atoms with van der Waals surface area (Å²) in [6.45, 7) is 4.53. The Kier molecular flexibility index (Phi) is 5.79. The van der Waals surface area contributed by atoms with Crippen LogP contribution in [0.2, 0.25) is 5.02 Å². The van der Waals surface area contributed by atoms with E-state index in [-0.39, 0.29) is 11.3 Å². The predicted molar refractivity (Wildman–Crippen MR) is 73.1 cm³/mol. The highest BCUT2D eigenvalue weighted by atomic mass is 35.5. The van der Waals surface area contributed by atoms with Gasteiger partial charge in [-0.1, -0.05) is 18.5 Å². The molecular formula is C13H17Cl2NO. The lowest BCUT2D eigenvalue weighted by Gasteiger charge is -2.08. The second-order valence-electron chi connectivity index (χ2n) is 4.07. The Bertz CT molecular complexity index is 373. The van der Waals surface area contributed by atoms with E-state index in [1.165, 1.54) is 0 Å². The summed E-state index contributed by atoms with van der Waals surface area (Å²) in [5.41, 5.74) is 1.57. The van der Waals surface area contributed by atoms with Crippen LogP contribution >= 0.6 is 23.2 Å². The fraction of sp³-hybridized carbons (Fsp3) is 0.462. The molecule has 1 amide bonds. The smallest absolute Gasteiger partial charge is 0.251 e. The van der Waals surface area contributed by atoms with Gasteiger partial charge in [0.25, 0.3) is 5.91 Å². The lowest BCUT2D eigenvalue weighted by Crippen LogP contribution is -2.26. The standard InChI is InChI=1S/C13H17Cl2NO/c1-3-11(14)4-5-16-13(17)10-6-9(2)7-12(15)8-10/h6-8,11H,3-5H2,1-2H3,(H,16,17). The molecule has 0 spiro atoms. The van der Waals surface area contributed by atoms with Crippen molar-refractivity contribution < 1.29 is 4.79 Å². The summed E-state index contributed by atoms with van der Waals surface area (Å²) in [4.78, 5) is 11.8. The van der Waals surface area contributed by atoms with Crippen molar-refractivity contribution >= 4 is 29.1 Å². The fourth-order valence-corrected chi connectivity index (χ4v) is 1.91. The van der Waals surface area contributed by atoms with Crippen LogP contribution in [0, 0.1) is 6.92 Å². The molecule has 94 valence electrons. The third kappa shape index (κ3) is 4.97. The third-order valence-corrected chi connectivity index (χ3v) is 3.24. The summed E-state index contributed by atoms with van der Waals surface area (Å²) in [5, 5.41) is 3.54. The molecule has 1 aromatic carbocycles. The molecule has 0 aliphatic heterocycles. The summed E-state index contributed by atoms with van der Waals surface area (Å²) in [6, 6.07) is 5.31. The molecule has 1 unspecified atom stereocenters. The first-order valence-corrected chi connectivity index (χ1v) is 6.53. The van der Waals surface area contributed by atoms with Crippen molar-refractivity contribution in [1.82, 2.24) is 5.32 Å². The Morgan fingerprint density at radius 1 is 1.41 bits per heavy atom. The zero-order chi connectivity index (χ0) is 12.8. The minimum Gasteiger partial charge on any atom is -0.352 e. The Hall–Kier alpha value is -0.730. The van der Waals surface area contributed by atoms with Gasteiger partial charge in [0.15, 0.2) is 0 Å². The van der Waals surface area contributed by atoms with E-state index in [0.29, 0.717) is 17.1 Å². The van der Waals surface area contributed by atoms with Gasteiger partial charge in [-0.05, 0) is 43.5 Å². The molecule has 1 N–H and O–H groups in total. The van der Waals surface area contributed by atoms with E-state index < -0.39 is 0 Å². The molecule has 0 radical (unpaired) electrons. The van der Waals surface area contributed by atoms with Gasteiger partial charge >= 0.3 is 0 Å². The second-order valence-corrected chi connectivity index (χ2v) is 5.12. The molecule has 0 saturated heterocycles. The highest BCUT2D eigenvalue weighted by molar-refractivity contribution is 6.31. The van der Waals surface area contributed by atoms with Crippen LogP contribution in [0.1, 0.15) is 35.7 Å². The van der Waals surface area contributed by atoms with Gasteiger partial charge in [-0.25, -0.2) is 0 Å². The van der Waals surface area contributed by atoms with Crippen molar-refractivity contribution in [2.45, 2.75) is 32.1 Å². The van der Waals surface area contributed by atoms with Gasteiger partial charge in [0.2, 0.25) is 0 Å². The minimum atomic E-state index is -0.101. The number of carbonyl (C=O) groups is 1. The molecule has 0 aromatic heterocycles. The van der Waals surface area contributed by atoms with Crippen LogP contribution in [0.15, 0.2) is 18.2 Å². The van der Waals surface area contributed by atoms with Gasteiger partial charge in [0.05, 0.1) is 0 Å². The maximum atomic E-state index is 11.8. The Balaban J connectivity index is 2.52. The molecule has 1 aromatic rings. The number of halogens is 2. The lowest BCUT2D eigenvalue weighted by atomic mass is 10.1. The number of amides is 1. The van der Waals surface area contributed by atoms with Gasteiger partial charge in [-0.2, -0.15) is 0 Å². The molecule has 1 rings (SSSR count). The van der Waals surface area contributed by atoms with E-state index in [4.69, 9.17) is 23.2 Å². The maximum Gasteiger partial charge on any atom is 0.251 e. The van der Waals surface area contributed by atoms with E-state index in [0.717, 1.165) is 18.4 Å². The van der Waals surface area contributed by atoms with Gasteiger partial charge in [-0.3, -0.25) is 4.79 Å². The summed E-state index contributed by atoms with van der Waals surface area (Å²) in [5.74, 6) is -0.101. The van der Waals surface area contributed by atoms with Crippen LogP contribution in [0.5, 0.6) is 0 Å². The quantitative estimate of drug-likeness (QED) is 0.813. The largest absolute Gasteiger partial charge is 0.352 e. The molecule has 2 nitrogen and oxygen atoms in total. The van der Waals surface area contributed by atoms with Crippen molar-refractivity contribution in [2.24, 2.45) is 0 Å². The molecule has 0 fully saturated rings. The number of benzene rings is 1. The molecule has 0 aliphatic rings. The predicted octanol–water partition coefficient (Wildman–Crippen LogP) is 3.79. The molecule has 4 heteroatoms. The van der Waals surface area contributed by atoms with E-state index >= 15 is 0 Å². The topological polar surface area (TPSA) is 29.1 Å². The zero-order valence-corrected chi connectivity index (χ0v) is 11.6. The van der Waals surface area contributed by atoms with Crippen LogP contribution in [0.25, 0.3) is 0 Å². The number of rotatable bonds is 5. The summed E-state index contributed by atoms with van der Waals surface area (Å²) in [6.07, 6.45) is 1.69. The molecule has 17 heavy (non-hydrogen) atoms. The number of nitrogens with one attached hydrogen (secondary N) is 1. The first kappa shape index (κ1) is 14.3. The Labute approximate surface area is 112 Å². The molecule has 0 bridgehead atoms. The average molecular weight is 274 g/mol. The number of alkyl halides is 1. The Morgan fingerprint density at radius 2 is 2.12 bits per heavy atom. The van der Waals surface area contributed by atoms with E-state index in [1.54, 1.807) is 6.07 Å². The fourth-order valence-electron chi connectivity index (χ4n) is 1.52. The number of carbonyl (C=O) groups excluding carboxylic acids is 1. The van der Waals surface area contributed by atoms with E-state index in [1.807, 2.05) is 26.0 Å². The van der Waals surface area contributed by atoms with Gasteiger partial charge in [0, 0.05) is 22.5 Å². The normalized spacial score (nSPS) is 12.2. The number of aryl methyl sites for hydroxylation is 1. The molecule has 0 saturated carbocycles. The molecular weight excluding hydrogens is 257 g/mol. The monoisotopic (exact) mass is 273 g/mol. The summed E-state index contributed by atoms with van der Waals surface area (Å²) >= 11 is 11.9. The first-order valence-electron chi connectivity index (χ1n) is 5.72. The summed E-state index contributed by atoms with van der Waals surface area (Å²) in [7, 11) is 0. The minimum absolute atomic E-state index is 0.101. The van der Waals surface area contributed by atoms with Gasteiger partial charge < -0.3 is 5.32 Å². The van der Waals surface area contributed by atoms with Crippen molar-refractivity contribution in [2.75, 3.05) is 6.54 Å². The highest BCUT2D eigenvalue weighted by Gasteiger charge is 2.07. The molecule has 1 atom stereocenters. The van der Waals surface area contributed by atoms with Gasteiger partial charge in [-0.15, -0.1) is 11.6 Å². The van der Waals surface area contributed by atoms with Crippen LogP contribution in [0.3, 0.4) is 0 Å². The third-order valence-electron chi connectivity index (χ3n) is 2.49. The van der Waals surface area contributed by atoms with E-state index in [9.17, 15) is 4.79 Å². The van der Waals surface area contributed by atoms with Crippen molar-refractivity contribution in [3.8, 4) is 0 Å². The van der Waals surface area contributed by atoms with Crippen LogP contribution < -0.4 is 5.32 Å². The number of hydrogen-bond donors (Lipinski definition) is 1.